The van der Waals surface area contributed by atoms with E-state index >= 15 is 0 Å². The Hall–Kier alpha value is -1.88. The number of rotatable bonds is 9. The highest BCUT2D eigenvalue weighted by atomic mass is 16.4. The number of hydrogen-bond donors (Lipinski definition) is 3. The van der Waals surface area contributed by atoms with Crippen molar-refractivity contribution in [3.63, 3.8) is 0 Å². The SMILES string of the molecule is CCCNCc1ccc(C(=O)NCCCC(=O)O)cc1. The largest absolute Gasteiger partial charge is 0.481 e. The number of carboxylic acid groups (broad SMARTS) is 1. The first-order valence-electron chi connectivity index (χ1n) is 6.93. The van der Waals surface area contributed by atoms with Crippen LogP contribution in [0.5, 0.6) is 0 Å². The van der Waals surface area contributed by atoms with Crippen LogP contribution in [0.3, 0.4) is 0 Å². The third-order valence-electron chi connectivity index (χ3n) is 2.83. The van der Waals surface area contributed by atoms with Crippen LogP contribution < -0.4 is 10.6 Å². The van der Waals surface area contributed by atoms with Gasteiger partial charge in [0.2, 0.25) is 0 Å². The lowest BCUT2D eigenvalue weighted by molar-refractivity contribution is -0.137. The average Bonchev–Trinajstić information content (AvgIpc) is 2.44. The van der Waals surface area contributed by atoms with E-state index in [2.05, 4.69) is 17.6 Å². The summed E-state index contributed by atoms with van der Waals surface area (Å²) in [5.74, 6) is -1.01. The van der Waals surface area contributed by atoms with E-state index in [1.807, 2.05) is 12.1 Å². The number of amides is 1. The molecule has 0 radical (unpaired) electrons. The number of carbonyl (C=O) groups excluding carboxylic acids is 1. The zero-order valence-electron chi connectivity index (χ0n) is 11.8. The van der Waals surface area contributed by atoms with E-state index in [1.54, 1.807) is 12.1 Å². The van der Waals surface area contributed by atoms with Gasteiger partial charge in [0.05, 0.1) is 0 Å². The fraction of sp³-hybridized carbons (Fsp3) is 0.467. The molecule has 3 N–H and O–H groups in total. The fourth-order valence-electron chi connectivity index (χ4n) is 1.73. The molecule has 1 amide bonds. The van der Waals surface area contributed by atoms with Gasteiger partial charge in [0.15, 0.2) is 0 Å². The molecule has 0 saturated heterocycles. The van der Waals surface area contributed by atoms with Crippen LogP contribution in [0.1, 0.15) is 42.1 Å². The van der Waals surface area contributed by atoms with Gasteiger partial charge in [-0.2, -0.15) is 0 Å². The summed E-state index contributed by atoms with van der Waals surface area (Å²) in [5, 5.41) is 14.5. The van der Waals surface area contributed by atoms with E-state index in [-0.39, 0.29) is 12.3 Å². The molecule has 0 unspecified atom stereocenters. The second kappa shape index (κ2) is 9.09. The smallest absolute Gasteiger partial charge is 0.303 e. The second-order valence-corrected chi connectivity index (χ2v) is 4.63. The number of carboxylic acids is 1. The van der Waals surface area contributed by atoms with Crippen molar-refractivity contribution in [1.29, 1.82) is 0 Å². The molecule has 0 fully saturated rings. The van der Waals surface area contributed by atoms with Crippen molar-refractivity contribution in [3.8, 4) is 0 Å². The Kier molecular flexibility index (Phi) is 7.35. The Bertz CT molecular complexity index is 429. The summed E-state index contributed by atoms with van der Waals surface area (Å²) >= 11 is 0. The highest BCUT2D eigenvalue weighted by Crippen LogP contribution is 2.04. The molecule has 20 heavy (non-hydrogen) atoms. The zero-order chi connectivity index (χ0) is 14.8. The molecule has 0 spiro atoms. The lowest BCUT2D eigenvalue weighted by Gasteiger charge is -2.06. The number of benzene rings is 1. The minimum atomic E-state index is -0.844. The van der Waals surface area contributed by atoms with Crippen molar-refractivity contribution >= 4 is 11.9 Å². The monoisotopic (exact) mass is 278 g/mol. The summed E-state index contributed by atoms with van der Waals surface area (Å²) in [6, 6.07) is 7.43. The Morgan fingerprint density at radius 3 is 2.45 bits per heavy atom. The minimum absolute atomic E-state index is 0.0717. The molecular formula is C15H22N2O3. The number of nitrogens with one attached hydrogen (secondary N) is 2. The van der Waals surface area contributed by atoms with E-state index in [1.165, 1.54) is 0 Å². The van der Waals surface area contributed by atoms with E-state index in [4.69, 9.17) is 5.11 Å². The normalized spacial score (nSPS) is 10.2. The van der Waals surface area contributed by atoms with E-state index in [0.717, 1.165) is 25.1 Å². The molecule has 1 aromatic rings. The minimum Gasteiger partial charge on any atom is -0.481 e. The number of carbonyl (C=O) groups is 2. The van der Waals surface area contributed by atoms with Crippen LogP contribution in [0.4, 0.5) is 0 Å². The summed E-state index contributed by atoms with van der Waals surface area (Å²) in [4.78, 5) is 22.1. The van der Waals surface area contributed by atoms with Crippen LogP contribution in [-0.4, -0.2) is 30.1 Å². The molecule has 0 atom stereocenters. The van der Waals surface area contributed by atoms with Crippen molar-refractivity contribution in [2.24, 2.45) is 0 Å². The van der Waals surface area contributed by atoms with Crippen LogP contribution in [0, 0.1) is 0 Å². The van der Waals surface area contributed by atoms with Gasteiger partial charge in [-0.25, -0.2) is 0 Å². The Labute approximate surface area is 119 Å². The molecule has 1 rings (SSSR count). The van der Waals surface area contributed by atoms with E-state index in [0.29, 0.717) is 18.5 Å². The van der Waals surface area contributed by atoms with Crippen molar-refractivity contribution in [2.45, 2.75) is 32.7 Å². The summed E-state index contributed by atoms with van der Waals surface area (Å²) in [6.45, 7) is 4.27. The van der Waals surface area contributed by atoms with Gasteiger partial charge in [0, 0.05) is 25.1 Å². The maximum atomic E-state index is 11.8. The third kappa shape index (κ3) is 6.33. The summed E-state index contributed by atoms with van der Waals surface area (Å²) in [7, 11) is 0. The quantitative estimate of drug-likeness (QED) is 0.602. The molecule has 0 aliphatic heterocycles. The van der Waals surface area contributed by atoms with Crippen molar-refractivity contribution in [2.75, 3.05) is 13.1 Å². The standard InChI is InChI=1S/C15H22N2O3/c1-2-9-16-11-12-5-7-13(8-6-12)15(20)17-10-3-4-14(18)19/h5-8,16H,2-4,9-11H2,1H3,(H,17,20)(H,18,19). The van der Waals surface area contributed by atoms with E-state index in [9.17, 15) is 9.59 Å². The second-order valence-electron chi connectivity index (χ2n) is 4.63. The molecule has 0 bridgehead atoms. The summed E-state index contributed by atoms with van der Waals surface area (Å²) < 4.78 is 0. The molecule has 1 aromatic carbocycles. The first-order chi connectivity index (χ1) is 9.63. The molecule has 0 saturated carbocycles. The van der Waals surface area contributed by atoms with Crippen molar-refractivity contribution in [3.05, 3.63) is 35.4 Å². The molecular weight excluding hydrogens is 256 g/mol. The van der Waals surface area contributed by atoms with Crippen molar-refractivity contribution < 1.29 is 14.7 Å². The van der Waals surface area contributed by atoms with Crippen LogP contribution in [0.25, 0.3) is 0 Å². The van der Waals surface area contributed by atoms with Gasteiger partial charge < -0.3 is 15.7 Å². The predicted molar refractivity (Wildman–Crippen MR) is 77.6 cm³/mol. The van der Waals surface area contributed by atoms with Gasteiger partial charge in [-0.05, 0) is 37.1 Å². The molecule has 110 valence electrons. The van der Waals surface area contributed by atoms with Gasteiger partial charge >= 0.3 is 5.97 Å². The van der Waals surface area contributed by atoms with Gasteiger partial charge in [-0.1, -0.05) is 19.1 Å². The van der Waals surface area contributed by atoms with Crippen molar-refractivity contribution in [1.82, 2.24) is 10.6 Å². The lowest BCUT2D eigenvalue weighted by Crippen LogP contribution is -2.24. The molecule has 0 aliphatic rings. The zero-order valence-corrected chi connectivity index (χ0v) is 11.8. The summed E-state index contributed by atoms with van der Waals surface area (Å²) in [6.07, 6.45) is 1.61. The summed E-state index contributed by atoms with van der Waals surface area (Å²) in [5.41, 5.74) is 1.74. The first kappa shape index (κ1) is 16.2. The number of hydrogen-bond acceptors (Lipinski definition) is 3. The highest BCUT2D eigenvalue weighted by Gasteiger charge is 2.05. The van der Waals surface area contributed by atoms with Crippen LogP contribution in [0.2, 0.25) is 0 Å². The van der Waals surface area contributed by atoms with Crippen LogP contribution >= 0.6 is 0 Å². The van der Waals surface area contributed by atoms with Gasteiger partial charge in [0.25, 0.3) is 5.91 Å². The van der Waals surface area contributed by atoms with Crippen LogP contribution in [0.15, 0.2) is 24.3 Å². The topological polar surface area (TPSA) is 78.4 Å². The lowest BCUT2D eigenvalue weighted by atomic mass is 10.1. The Balaban J connectivity index is 2.35. The Morgan fingerprint density at radius 1 is 1.15 bits per heavy atom. The van der Waals surface area contributed by atoms with E-state index < -0.39 is 5.97 Å². The third-order valence-corrected chi connectivity index (χ3v) is 2.83. The maximum Gasteiger partial charge on any atom is 0.303 e. The average molecular weight is 278 g/mol. The molecule has 5 nitrogen and oxygen atoms in total. The molecule has 0 aromatic heterocycles. The molecule has 0 aliphatic carbocycles. The highest BCUT2D eigenvalue weighted by molar-refractivity contribution is 5.94. The van der Waals surface area contributed by atoms with Crippen LogP contribution in [-0.2, 0) is 11.3 Å². The first-order valence-corrected chi connectivity index (χ1v) is 6.93. The molecule has 0 heterocycles. The molecule has 5 heteroatoms. The van der Waals surface area contributed by atoms with Gasteiger partial charge in [-0.15, -0.1) is 0 Å². The number of aliphatic carboxylic acids is 1. The van der Waals surface area contributed by atoms with Gasteiger partial charge in [-0.3, -0.25) is 9.59 Å². The predicted octanol–water partition coefficient (Wildman–Crippen LogP) is 1.78. The maximum absolute atomic E-state index is 11.8. The van der Waals surface area contributed by atoms with Gasteiger partial charge in [0.1, 0.15) is 0 Å². The Morgan fingerprint density at radius 2 is 1.85 bits per heavy atom. The fourth-order valence-corrected chi connectivity index (χ4v) is 1.73.